The van der Waals surface area contributed by atoms with E-state index in [1.807, 2.05) is 30.3 Å². The summed E-state index contributed by atoms with van der Waals surface area (Å²) in [6.45, 7) is 2.19. The molecule has 1 saturated heterocycles. The summed E-state index contributed by atoms with van der Waals surface area (Å²) in [5, 5.41) is 9.02. The molecule has 0 bridgehead atoms. The molecule has 1 atom stereocenters. The van der Waals surface area contributed by atoms with Gasteiger partial charge in [-0.2, -0.15) is 0 Å². The van der Waals surface area contributed by atoms with Gasteiger partial charge in [0.1, 0.15) is 0 Å². The molecule has 7 heteroatoms. The molecule has 0 saturated carbocycles. The van der Waals surface area contributed by atoms with E-state index in [9.17, 15) is 9.59 Å². The number of carboxylic acids is 1. The highest BCUT2D eigenvalue weighted by molar-refractivity contribution is 5.93. The van der Waals surface area contributed by atoms with Crippen LogP contribution in [0.2, 0.25) is 0 Å². The van der Waals surface area contributed by atoms with Crippen molar-refractivity contribution in [2.75, 3.05) is 19.7 Å². The van der Waals surface area contributed by atoms with Crippen LogP contribution < -0.4 is 0 Å². The number of rotatable bonds is 3. The van der Waals surface area contributed by atoms with Crippen molar-refractivity contribution in [1.29, 1.82) is 0 Å². The van der Waals surface area contributed by atoms with Crippen molar-refractivity contribution in [2.24, 2.45) is 0 Å². The van der Waals surface area contributed by atoms with Crippen LogP contribution in [-0.2, 0) is 9.53 Å². The Balaban J connectivity index is 1.83. The fraction of sp³-hybridized carbons (Fsp3) is 0.312. The first-order valence-electron chi connectivity index (χ1n) is 7.23. The summed E-state index contributed by atoms with van der Waals surface area (Å²) < 4.78 is 10.7. The number of carboxylic acid groups (broad SMARTS) is 1. The summed E-state index contributed by atoms with van der Waals surface area (Å²) in [4.78, 5) is 29.3. The molecule has 3 rings (SSSR count). The van der Waals surface area contributed by atoms with Crippen LogP contribution in [0.25, 0.3) is 11.5 Å². The van der Waals surface area contributed by atoms with Gasteiger partial charge in [0.15, 0.2) is 6.10 Å². The van der Waals surface area contributed by atoms with E-state index in [4.69, 9.17) is 14.3 Å². The molecule has 1 aromatic carbocycles. The lowest BCUT2D eigenvalue weighted by Gasteiger charge is -2.30. The summed E-state index contributed by atoms with van der Waals surface area (Å²) >= 11 is 0. The molecule has 120 valence electrons. The van der Waals surface area contributed by atoms with E-state index in [2.05, 4.69) is 4.98 Å². The number of ether oxygens (including phenoxy) is 1. The Hall–Kier alpha value is -2.67. The minimum atomic E-state index is -1.08. The van der Waals surface area contributed by atoms with Gasteiger partial charge in [-0.25, -0.2) is 9.78 Å². The Morgan fingerprint density at radius 1 is 1.30 bits per heavy atom. The monoisotopic (exact) mass is 316 g/mol. The van der Waals surface area contributed by atoms with Gasteiger partial charge in [0.05, 0.1) is 18.8 Å². The standard InChI is InChI=1S/C16H16N2O5/c1-10-13(23-14(17-10)11-5-3-2-4-6-11)15(19)18-7-8-22-12(9-18)16(20)21/h2-6,12H,7-9H2,1H3,(H,20,21)/t12-/m1/s1. The van der Waals surface area contributed by atoms with E-state index in [0.717, 1.165) is 5.56 Å². The first kappa shape index (κ1) is 15.2. The molecule has 0 unspecified atom stereocenters. The number of benzene rings is 1. The largest absolute Gasteiger partial charge is 0.479 e. The number of oxazole rings is 1. The first-order chi connectivity index (χ1) is 11.1. The van der Waals surface area contributed by atoms with Crippen LogP contribution in [-0.4, -0.2) is 52.7 Å². The molecule has 0 radical (unpaired) electrons. The number of aliphatic carboxylic acids is 1. The number of morpholine rings is 1. The summed E-state index contributed by atoms with van der Waals surface area (Å²) in [5.74, 6) is -0.946. The summed E-state index contributed by atoms with van der Waals surface area (Å²) in [5.41, 5.74) is 1.26. The Morgan fingerprint density at radius 3 is 2.74 bits per heavy atom. The summed E-state index contributed by atoms with van der Waals surface area (Å²) in [6, 6.07) is 9.28. The second-order valence-electron chi connectivity index (χ2n) is 5.25. The van der Waals surface area contributed by atoms with Crippen LogP contribution in [0.4, 0.5) is 0 Å². The van der Waals surface area contributed by atoms with E-state index in [1.165, 1.54) is 4.90 Å². The molecular weight excluding hydrogens is 300 g/mol. The molecular formula is C16H16N2O5. The van der Waals surface area contributed by atoms with Crippen molar-refractivity contribution < 1.29 is 23.8 Å². The third kappa shape index (κ3) is 3.09. The van der Waals surface area contributed by atoms with E-state index in [0.29, 0.717) is 18.1 Å². The van der Waals surface area contributed by atoms with Crippen molar-refractivity contribution in [2.45, 2.75) is 13.0 Å². The molecule has 1 aromatic heterocycles. The summed E-state index contributed by atoms with van der Waals surface area (Å²) in [6.07, 6.45) is -1.01. The predicted molar refractivity (Wildman–Crippen MR) is 80.0 cm³/mol. The zero-order chi connectivity index (χ0) is 16.4. The average molecular weight is 316 g/mol. The zero-order valence-electron chi connectivity index (χ0n) is 12.6. The van der Waals surface area contributed by atoms with Crippen LogP contribution in [0.15, 0.2) is 34.7 Å². The van der Waals surface area contributed by atoms with Gasteiger partial charge in [-0.1, -0.05) is 18.2 Å². The smallest absolute Gasteiger partial charge is 0.334 e. The number of amides is 1. The van der Waals surface area contributed by atoms with Crippen molar-refractivity contribution in [3.05, 3.63) is 41.8 Å². The number of carbonyl (C=O) groups is 2. The van der Waals surface area contributed by atoms with Gasteiger partial charge in [0, 0.05) is 12.1 Å². The van der Waals surface area contributed by atoms with E-state index in [-0.39, 0.29) is 24.8 Å². The van der Waals surface area contributed by atoms with Gasteiger partial charge in [0.25, 0.3) is 5.91 Å². The molecule has 0 aliphatic carbocycles. The number of hydrogen-bond donors (Lipinski definition) is 1. The third-order valence-electron chi connectivity index (χ3n) is 3.64. The van der Waals surface area contributed by atoms with Crippen LogP contribution >= 0.6 is 0 Å². The third-order valence-corrected chi connectivity index (χ3v) is 3.64. The second kappa shape index (κ2) is 6.21. The maximum Gasteiger partial charge on any atom is 0.334 e. The van der Waals surface area contributed by atoms with Gasteiger partial charge in [-0.15, -0.1) is 0 Å². The van der Waals surface area contributed by atoms with E-state index in [1.54, 1.807) is 6.92 Å². The lowest BCUT2D eigenvalue weighted by Crippen LogP contribution is -2.48. The van der Waals surface area contributed by atoms with Gasteiger partial charge in [0.2, 0.25) is 11.7 Å². The summed E-state index contributed by atoms with van der Waals surface area (Å²) in [7, 11) is 0. The minimum absolute atomic E-state index is 0.00498. The van der Waals surface area contributed by atoms with Crippen molar-refractivity contribution >= 4 is 11.9 Å². The predicted octanol–water partition coefficient (Wildman–Crippen LogP) is 1.58. The highest BCUT2D eigenvalue weighted by atomic mass is 16.5. The number of aryl methyl sites for hydroxylation is 1. The number of nitrogens with zero attached hydrogens (tertiary/aromatic N) is 2. The lowest BCUT2D eigenvalue weighted by molar-refractivity contribution is -0.154. The van der Waals surface area contributed by atoms with Crippen molar-refractivity contribution in [1.82, 2.24) is 9.88 Å². The van der Waals surface area contributed by atoms with Crippen molar-refractivity contribution in [3.8, 4) is 11.5 Å². The zero-order valence-corrected chi connectivity index (χ0v) is 12.6. The maximum absolute atomic E-state index is 12.6. The highest BCUT2D eigenvalue weighted by Gasteiger charge is 2.32. The van der Waals surface area contributed by atoms with Gasteiger partial charge in [-0.3, -0.25) is 4.79 Å². The van der Waals surface area contributed by atoms with Gasteiger partial charge in [-0.05, 0) is 19.1 Å². The second-order valence-corrected chi connectivity index (χ2v) is 5.25. The quantitative estimate of drug-likeness (QED) is 0.924. The number of aromatic nitrogens is 1. The normalized spacial score (nSPS) is 18.0. The molecule has 1 fully saturated rings. The fourth-order valence-corrected chi connectivity index (χ4v) is 2.43. The molecule has 2 heterocycles. The molecule has 1 aliphatic heterocycles. The van der Waals surface area contributed by atoms with E-state index >= 15 is 0 Å². The number of carbonyl (C=O) groups excluding carboxylic acids is 1. The molecule has 1 aliphatic rings. The Labute approximate surface area is 132 Å². The fourth-order valence-electron chi connectivity index (χ4n) is 2.43. The molecule has 7 nitrogen and oxygen atoms in total. The van der Waals surface area contributed by atoms with Crippen LogP contribution in [0, 0.1) is 6.92 Å². The Morgan fingerprint density at radius 2 is 2.04 bits per heavy atom. The SMILES string of the molecule is Cc1nc(-c2ccccc2)oc1C(=O)N1CCO[C@@H](C(=O)O)C1. The van der Waals surface area contributed by atoms with Crippen LogP contribution in [0.1, 0.15) is 16.2 Å². The molecule has 23 heavy (non-hydrogen) atoms. The van der Waals surface area contributed by atoms with Crippen LogP contribution in [0.3, 0.4) is 0 Å². The molecule has 1 amide bonds. The Bertz CT molecular complexity index is 725. The maximum atomic E-state index is 12.6. The highest BCUT2D eigenvalue weighted by Crippen LogP contribution is 2.23. The number of hydrogen-bond acceptors (Lipinski definition) is 5. The molecule has 0 spiro atoms. The van der Waals surface area contributed by atoms with Gasteiger partial charge >= 0.3 is 5.97 Å². The molecule has 2 aromatic rings. The minimum Gasteiger partial charge on any atom is -0.479 e. The molecule has 1 N–H and O–H groups in total. The van der Waals surface area contributed by atoms with Crippen molar-refractivity contribution in [3.63, 3.8) is 0 Å². The van der Waals surface area contributed by atoms with Gasteiger partial charge < -0.3 is 19.2 Å². The Kier molecular flexibility index (Phi) is 4.12. The topological polar surface area (TPSA) is 92.9 Å². The van der Waals surface area contributed by atoms with Crippen LogP contribution in [0.5, 0.6) is 0 Å². The first-order valence-corrected chi connectivity index (χ1v) is 7.23. The lowest BCUT2D eigenvalue weighted by atomic mass is 10.2. The van der Waals surface area contributed by atoms with E-state index < -0.39 is 12.1 Å². The average Bonchev–Trinajstić information content (AvgIpc) is 2.97.